The first-order valence-electron chi connectivity index (χ1n) is 3.71. The molecule has 1 nitrogen and oxygen atoms in total. The van der Waals surface area contributed by atoms with Crippen LogP contribution >= 0.6 is 0 Å². The van der Waals surface area contributed by atoms with Gasteiger partial charge in [-0.15, -0.1) is 0 Å². The van der Waals surface area contributed by atoms with E-state index in [1.165, 1.54) is 29.5 Å². The average Bonchev–Trinajstić information content (AvgIpc) is 1.92. The van der Waals surface area contributed by atoms with Crippen molar-refractivity contribution < 1.29 is 0 Å². The number of nitrogens with two attached hydrogens (primary N) is 1. The minimum Gasteiger partial charge on any atom is -0.326 e. The third-order valence-electron chi connectivity index (χ3n) is 2.17. The van der Waals surface area contributed by atoms with Crippen LogP contribution in [0.1, 0.15) is 16.7 Å². The number of aryl methyl sites for hydroxylation is 2. The molecule has 10 heavy (non-hydrogen) atoms. The first-order valence-corrected chi connectivity index (χ1v) is 3.71. The molecule has 0 saturated carbocycles. The van der Waals surface area contributed by atoms with Crippen molar-refractivity contribution >= 4 is 0 Å². The molecule has 0 saturated heterocycles. The summed E-state index contributed by atoms with van der Waals surface area (Å²) >= 11 is 0. The zero-order chi connectivity index (χ0) is 6.97. The van der Waals surface area contributed by atoms with Gasteiger partial charge in [0.1, 0.15) is 0 Å². The van der Waals surface area contributed by atoms with Crippen molar-refractivity contribution in [3.05, 3.63) is 34.9 Å². The second-order valence-electron chi connectivity index (χ2n) is 2.81. The zero-order valence-corrected chi connectivity index (χ0v) is 5.93. The number of rotatable bonds is 1. The average molecular weight is 133 g/mol. The fourth-order valence-electron chi connectivity index (χ4n) is 1.38. The molecule has 1 aliphatic rings. The maximum absolute atomic E-state index is 5.49. The van der Waals surface area contributed by atoms with E-state index in [2.05, 4.69) is 18.2 Å². The highest BCUT2D eigenvalue weighted by molar-refractivity contribution is 5.38. The van der Waals surface area contributed by atoms with Gasteiger partial charge in [0.05, 0.1) is 0 Å². The Morgan fingerprint density at radius 1 is 1.20 bits per heavy atom. The Hall–Kier alpha value is -0.820. The van der Waals surface area contributed by atoms with Crippen molar-refractivity contribution in [2.24, 2.45) is 5.73 Å². The summed E-state index contributed by atoms with van der Waals surface area (Å²) in [5, 5.41) is 0. The minimum atomic E-state index is 0.674. The van der Waals surface area contributed by atoms with Crippen LogP contribution in [0.2, 0.25) is 0 Å². The summed E-state index contributed by atoms with van der Waals surface area (Å²) in [6.45, 7) is 0.674. The highest BCUT2D eigenvalue weighted by atomic mass is 14.5. The summed E-state index contributed by atoms with van der Waals surface area (Å²) in [5.74, 6) is 0. The molecule has 52 valence electrons. The van der Waals surface area contributed by atoms with Crippen LogP contribution in [0, 0.1) is 0 Å². The molecule has 0 unspecified atom stereocenters. The van der Waals surface area contributed by atoms with E-state index in [4.69, 9.17) is 5.73 Å². The molecule has 0 atom stereocenters. The summed E-state index contributed by atoms with van der Waals surface area (Å²) < 4.78 is 0. The van der Waals surface area contributed by atoms with E-state index in [0.29, 0.717) is 6.54 Å². The van der Waals surface area contributed by atoms with E-state index in [1.807, 2.05) is 0 Å². The topological polar surface area (TPSA) is 26.0 Å². The third kappa shape index (κ3) is 0.745. The van der Waals surface area contributed by atoms with Crippen LogP contribution in [0.4, 0.5) is 0 Å². The fraction of sp³-hybridized carbons (Fsp3) is 0.333. The van der Waals surface area contributed by atoms with E-state index in [-0.39, 0.29) is 0 Å². The molecule has 0 heterocycles. The van der Waals surface area contributed by atoms with E-state index >= 15 is 0 Å². The van der Waals surface area contributed by atoms with Crippen molar-refractivity contribution in [1.29, 1.82) is 0 Å². The molecule has 0 aromatic heterocycles. The summed E-state index contributed by atoms with van der Waals surface area (Å²) in [6, 6.07) is 6.54. The smallest absolute Gasteiger partial charge is 0.0178 e. The predicted molar refractivity (Wildman–Crippen MR) is 41.7 cm³/mol. The first-order chi connectivity index (χ1) is 4.90. The lowest BCUT2D eigenvalue weighted by atomic mass is 9.87. The lowest BCUT2D eigenvalue weighted by Crippen LogP contribution is -2.09. The molecule has 1 heteroatoms. The monoisotopic (exact) mass is 133 g/mol. The molecule has 0 amide bonds. The second-order valence-corrected chi connectivity index (χ2v) is 2.81. The van der Waals surface area contributed by atoms with Gasteiger partial charge in [0.25, 0.3) is 0 Å². The van der Waals surface area contributed by atoms with Gasteiger partial charge < -0.3 is 5.73 Å². The Bertz CT molecular complexity index is 253. The second kappa shape index (κ2) is 2.10. The van der Waals surface area contributed by atoms with Gasteiger partial charge in [0.15, 0.2) is 0 Å². The molecule has 2 N–H and O–H groups in total. The van der Waals surface area contributed by atoms with Crippen molar-refractivity contribution in [2.75, 3.05) is 0 Å². The summed E-state index contributed by atoms with van der Waals surface area (Å²) in [7, 11) is 0. The maximum atomic E-state index is 5.49. The van der Waals surface area contributed by atoms with Gasteiger partial charge in [0.2, 0.25) is 0 Å². The van der Waals surface area contributed by atoms with E-state index in [0.717, 1.165) is 0 Å². The van der Waals surface area contributed by atoms with E-state index < -0.39 is 0 Å². The van der Waals surface area contributed by atoms with Gasteiger partial charge in [-0.25, -0.2) is 0 Å². The van der Waals surface area contributed by atoms with Crippen LogP contribution in [0.25, 0.3) is 0 Å². The summed E-state index contributed by atoms with van der Waals surface area (Å²) in [4.78, 5) is 0. The van der Waals surface area contributed by atoms with Crippen LogP contribution in [0.5, 0.6) is 0 Å². The van der Waals surface area contributed by atoms with Crippen LogP contribution in [0.3, 0.4) is 0 Å². The number of benzene rings is 1. The van der Waals surface area contributed by atoms with Gasteiger partial charge in [-0.2, -0.15) is 0 Å². The quantitative estimate of drug-likeness (QED) is 0.613. The highest BCUT2D eigenvalue weighted by Gasteiger charge is 2.11. The molecule has 2 rings (SSSR count). The lowest BCUT2D eigenvalue weighted by molar-refractivity contribution is 0.832. The largest absolute Gasteiger partial charge is 0.326 e. The van der Waals surface area contributed by atoms with E-state index in [1.54, 1.807) is 0 Å². The fourth-order valence-corrected chi connectivity index (χ4v) is 1.38. The van der Waals surface area contributed by atoms with Gasteiger partial charge >= 0.3 is 0 Å². The normalized spacial score (nSPS) is 14.1. The Kier molecular flexibility index (Phi) is 1.24. The SMILES string of the molecule is NCc1ccc2c(c1)CC2. The molecule has 1 aromatic rings. The Balaban J connectivity index is 2.42. The van der Waals surface area contributed by atoms with Gasteiger partial charge in [-0.05, 0) is 29.5 Å². The molecule has 1 aliphatic carbocycles. The number of fused-ring (bicyclic) bond motifs is 1. The lowest BCUT2D eigenvalue weighted by Gasteiger charge is -2.18. The van der Waals surface area contributed by atoms with Gasteiger partial charge in [-0.3, -0.25) is 0 Å². The summed E-state index contributed by atoms with van der Waals surface area (Å²) in [5.41, 5.74) is 9.77. The number of hydrogen-bond donors (Lipinski definition) is 1. The molecule has 0 fully saturated rings. The highest BCUT2D eigenvalue weighted by Crippen LogP contribution is 2.23. The Labute approximate surface area is 60.9 Å². The predicted octanol–water partition coefficient (Wildman–Crippen LogP) is 1.24. The molecule has 0 bridgehead atoms. The van der Waals surface area contributed by atoms with Crippen molar-refractivity contribution in [3.8, 4) is 0 Å². The van der Waals surface area contributed by atoms with Gasteiger partial charge in [0, 0.05) is 6.54 Å². The standard InChI is InChI=1S/C9H11N/c10-6-7-1-2-8-3-4-9(8)5-7/h1-2,5H,3-4,6,10H2. The van der Waals surface area contributed by atoms with Crippen molar-refractivity contribution in [3.63, 3.8) is 0 Å². The van der Waals surface area contributed by atoms with Gasteiger partial charge in [-0.1, -0.05) is 18.2 Å². The third-order valence-corrected chi connectivity index (χ3v) is 2.17. The summed E-state index contributed by atoms with van der Waals surface area (Å²) in [6.07, 6.45) is 2.52. The molecule has 0 spiro atoms. The molecular formula is C9H11N. The minimum absolute atomic E-state index is 0.674. The Morgan fingerprint density at radius 3 is 2.50 bits per heavy atom. The zero-order valence-electron chi connectivity index (χ0n) is 5.93. The van der Waals surface area contributed by atoms with Crippen LogP contribution in [-0.4, -0.2) is 0 Å². The van der Waals surface area contributed by atoms with Crippen LogP contribution in [0.15, 0.2) is 18.2 Å². The molecule has 1 aromatic carbocycles. The number of hydrogen-bond acceptors (Lipinski definition) is 1. The van der Waals surface area contributed by atoms with Crippen molar-refractivity contribution in [2.45, 2.75) is 19.4 Å². The molecule has 0 radical (unpaired) electrons. The Morgan fingerprint density at radius 2 is 2.00 bits per heavy atom. The van der Waals surface area contributed by atoms with Crippen molar-refractivity contribution in [1.82, 2.24) is 0 Å². The van der Waals surface area contributed by atoms with Crippen LogP contribution < -0.4 is 5.73 Å². The van der Waals surface area contributed by atoms with E-state index in [9.17, 15) is 0 Å². The maximum Gasteiger partial charge on any atom is 0.0178 e. The molecule has 0 aliphatic heterocycles. The first kappa shape index (κ1) is 5.93. The molecular weight excluding hydrogens is 122 g/mol. The van der Waals surface area contributed by atoms with Crippen LogP contribution in [-0.2, 0) is 19.4 Å².